The van der Waals surface area contributed by atoms with Crippen molar-refractivity contribution >= 4 is 11.8 Å². The number of aryl methyl sites for hydroxylation is 1. The number of hydrazine groups is 1. The Morgan fingerprint density at radius 3 is 2.65 bits per heavy atom. The summed E-state index contributed by atoms with van der Waals surface area (Å²) in [5.41, 5.74) is 5.72. The highest BCUT2D eigenvalue weighted by atomic mass is 32.2. The van der Waals surface area contributed by atoms with Crippen LogP contribution < -0.4 is 11.3 Å². The molecule has 2 unspecified atom stereocenters. The number of hydrogen-bond donors (Lipinski definition) is 2. The Hall–Kier alpha value is -0.510. The van der Waals surface area contributed by atoms with Crippen molar-refractivity contribution in [1.82, 2.24) is 5.43 Å². The Bertz CT molecular complexity index is 331. The van der Waals surface area contributed by atoms with Crippen molar-refractivity contribution in [1.29, 1.82) is 0 Å². The Labute approximate surface area is 108 Å². The molecule has 0 saturated carbocycles. The Balaban J connectivity index is 2.10. The zero-order valence-electron chi connectivity index (χ0n) is 10.5. The molecule has 1 aromatic carbocycles. The maximum absolute atomic E-state index is 5.74. The minimum Gasteiger partial charge on any atom is -0.271 e. The zero-order chi connectivity index (χ0) is 12.1. The third kappa shape index (κ3) is 3.24. The van der Waals surface area contributed by atoms with Gasteiger partial charge in [0.2, 0.25) is 0 Å². The summed E-state index contributed by atoms with van der Waals surface area (Å²) < 4.78 is 0. The lowest BCUT2D eigenvalue weighted by Gasteiger charge is -2.29. The molecule has 0 aliphatic carbocycles. The van der Waals surface area contributed by atoms with Gasteiger partial charge in [-0.3, -0.25) is 11.3 Å². The molecule has 3 N–H and O–H groups in total. The Morgan fingerprint density at radius 2 is 2.12 bits per heavy atom. The van der Waals surface area contributed by atoms with Gasteiger partial charge >= 0.3 is 0 Å². The highest BCUT2D eigenvalue weighted by Crippen LogP contribution is 2.34. The molecular formula is C14H22N2S. The largest absolute Gasteiger partial charge is 0.271 e. The quantitative estimate of drug-likeness (QED) is 0.637. The van der Waals surface area contributed by atoms with Crippen LogP contribution in [0.4, 0.5) is 0 Å². The smallest absolute Gasteiger partial charge is 0.0578 e. The molecule has 1 heterocycles. The van der Waals surface area contributed by atoms with E-state index in [1.54, 1.807) is 0 Å². The molecule has 1 aromatic rings. The fourth-order valence-corrected chi connectivity index (χ4v) is 3.84. The van der Waals surface area contributed by atoms with E-state index in [0.717, 1.165) is 6.42 Å². The second kappa shape index (κ2) is 6.43. The Kier molecular flexibility index (Phi) is 4.89. The summed E-state index contributed by atoms with van der Waals surface area (Å²) in [6, 6.07) is 9.17. The molecule has 0 aromatic heterocycles. The zero-order valence-corrected chi connectivity index (χ0v) is 11.3. The number of rotatable bonds is 4. The SMILES string of the molecule is CCc1ccc(C(NN)C2CCCCS2)cc1. The molecule has 2 nitrogen and oxygen atoms in total. The standard InChI is InChI=1S/C14H22N2S/c1-2-11-6-8-12(9-7-11)14(16-15)13-5-3-4-10-17-13/h6-9,13-14,16H,2-5,10,15H2,1H3. The molecule has 3 heteroatoms. The summed E-state index contributed by atoms with van der Waals surface area (Å²) in [7, 11) is 0. The fraction of sp³-hybridized carbons (Fsp3) is 0.571. The van der Waals surface area contributed by atoms with Gasteiger partial charge in [0.1, 0.15) is 0 Å². The Morgan fingerprint density at radius 1 is 1.35 bits per heavy atom. The van der Waals surface area contributed by atoms with Gasteiger partial charge in [0.05, 0.1) is 6.04 Å². The lowest BCUT2D eigenvalue weighted by Crippen LogP contribution is -2.36. The second-order valence-electron chi connectivity index (χ2n) is 4.64. The molecule has 0 radical (unpaired) electrons. The lowest BCUT2D eigenvalue weighted by atomic mass is 9.98. The van der Waals surface area contributed by atoms with E-state index < -0.39 is 0 Å². The minimum absolute atomic E-state index is 0.297. The fourth-order valence-electron chi connectivity index (χ4n) is 2.41. The molecule has 1 aliphatic rings. The monoisotopic (exact) mass is 250 g/mol. The molecule has 1 aliphatic heterocycles. The topological polar surface area (TPSA) is 38.0 Å². The molecule has 1 saturated heterocycles. The molecule has 0 amide bonds. The van der Waals surface area contributed by atoms with Crippen molar-refractivity contribution < 1.29 is 0 Å². The molecule has 1 fully saturated rings. The predicted octanol–water partition coefficient (Wildman–Crippen LogP) is 3.04. The van der Waals surface area contributed by atoms with Crippen LogP contribution >= 0.6 is 11.8 Å². The van der Waals surface area contributed by atoms with E-state index in [-0.39, 0.29) is 0 Å². The van der Waals surface area contributed by atoms with Crippen LogP contribution in [0.15, 0.2) is 24.3 Å². The second-order valence-corrected chi connectivity index (χ2v) is 5.99. The van der Waals surface area contributed by atoms with Gasteiger partial charge in [0, 0.05) is 5.25 Å². The van der Waals surface area contributed by atoms with E-state index in [2.05, 4.69) is 48.4 Å². The van der Waals surface area contributed by atoms with E-state index in [4.69, 9.17) is 5.84 Å². The van der Waals surface area contributed by atoms with Crippen LogP contribution in [0, 0.1) is 0 Å². The third-order valence-corrected chi connectivity index (χ3v) is 4.97. The van der Waals surface area contributed by atoms with Crippen molar-refractivity contribution in [2.45, 2.75) is 43.9 Å². The van der Waals surface area contributed by atoms with Crippen LogP contribution in [0.2, 0.25) is 0 Å². The first-order chi connectivity index (χ1) is 8.35. The van der Waals surface area contributed by atoms with Crippen molar-refractivity contribution in [3.8, 4) is 0 Å². The van der Waals surface area contributed by atoms with Gasteiger partial charge in [-0.25, -0.2) is 0 Å². The predicted molar refractivity (Wildman–Crippen MR) is 76.0 cm³/mol. The van der Waals surface area contributed by atoms with Gasteiger partial charge in [-0.2, -0.15) is 11.8 Å². The maximum atomic E-state index is 5.74. The van der Waals surface area contributed by atoms with Gasteiger partial charge in [-0.05, 0) is 36.1 Å². The van der Waals surface area contributed by atoms with Crippen molar-refractivity contribution in [2.75, 3.05) is 5.75 Å². The van der Waals surface area contributed by atoms with Crippen molar-refractivity contribution in [3.05, 3.63) is 35.4 Å². The first-order valence-corrected chi connectivity index (χ1v) is 7.56. The van der Waals surface area contributed by atoms with Crippen LogP contribution in [0.25, 0.3) is 0 Å². The van der Waals surface area contributed by atoms with Crippen LogP contribution in [0.1, 0.15) is 43.4 Å². The minimum atomic E-state index is 0.297. The van der Waals surface area contributed by atoms with Gasteiger partial charge in [-0.15, -0.1) is 0 Å². The average molecular weight is 250 g/mol. The molecule has 94 valence electrons. The summed E-state index contributed by atoms with van der Waals surface area (Å²) in [5.74, 6) is 7.02. The first kappa shape index (κ1) is 12.9. The molecule has 0 bridgehead atoms. The number of thioether (sulfide) groups is 1. The number of hydrogen-bond acceptors (Lipinski definition) is 3. The molecule has 17 heavy (non-hydrogen) atoms. The van der Waals surface area contributed by atoms with Gasteiger partial charge in [-0.1, -0.05) is 37.6 Å². The molecule has 2 atom stereocenters. The lowest BCUT2D eigenvalue weighted by molar-refractivity contribution is 0.491. The van der Waals surface area contributed by atoms with E-state index in [1.807, 2.05) is 0 Å². The number of nitrogens with two attached hydrogens (primary N) is 1. The first-order valence-electron chi connectivity index (χ1n) is 6.51. The summed E-state index contributed by atoms with van der Waals surface area (Å²) in [5, 5.41) is 0.626. The van der Waals surface area contributed by atoms with Gasteiger partial charge in [0.15, 0.2) is 0 Å². The van der Waals surface area contributed by atoms with Gasteiger partial charge < -0.3 is 0 Å². The summed E-state index contributed by atoms with van der Waals surface area (Å²) >= 11 is 2.06. The normalized spacial score (nSPS) is 22.4. The number of benzene rings is 1. The average Bonchev–Trinajstić information content (AvgIpc) is 2.42. The van der Waals surface area contributed by atoms with Crippen LogP contribution in [-0.4, -0.2) is 11.0 Å². The van der Waals surface area contributed by atoms with E-state index >= 15 is 0 Å². The van der Waals surface area contributed by atoms with E-state index in [9.17, 15) is 0 Å². The van der Waals surface area contributed by atoms with Crippen LogP contribution in [0.5, 0.6) is 0 Å². The van der Waals surface area contributed by atoms with Crippen LogP contribution in [0.3, 0.4) is 0 Å². The molecule has 2 rings (SSSR count). The summed E-state index contributed by atoms with van der Waals surface area (Å²) in [6.45, 7) is 2.19. The van der Waals surface area contributed by atoms with E-state index in [1.165, 1.54) is 36.1 Å². The van der Waals surface area contributed by atoms with Crippen molar-refractivity contribution in [2.24, 2.45) is 5.84 Å². The molecule has 0 spiro atoms. The maximum Gasteiger partial charge on any atom is 0.0578 e. The highest BCUT2D eigenvalue weighted by molar-refractivity contribution is 8.00. The van der Waals surface area contributed by atoms with E-state index in [0.29, 0.717) is 11.3 Å². The third-order valence-electron chi connectivity index (χ3n) is 3.51. The highest BCUT2D eigenvalue weighted by Gasteiger charge is 2.24. The van der Waals surface area contributed by atoms with Gasteiger partial charge in [0.25, 0.3) is 0 Å². The number of nitrogens with one attached hydrogen (secondary N) is 1. The molecular weight excluding hydrogens is 228 g/mol. The summed E-state index contributed by atoms with van der Waals surface area (Å²) in [6.07, 6.45) is 5.06. The van der Waals surface area contributed by atoms with Crippen molar-refractivity contribution in [3.63, 3.8) is 0 Å². The van der Waals surface area contributed by atoms with Crippen LogP contribution in [-0.2, 0) is 6.42 Å². The summed E-state index contributed by atoms with van der Waals surface area (Å²) in [4.78, 5) is 0.